The van der Waals surface area contributed by atoms with E-state index in [0.29, 0.717) is 61.5 Å². The monoisotopic (exact) mass is 499 g/mol. The SMILES string of the molecule is CCONC(=O)c1ccc(C)c(-n2cnc3ccc(CN4CCN(S(C)(=O)=O)CC4)cc3c2=O)c1. The summed E-state index contributed by atoms with van der Waals surface area (Å²) >= 11 is 0. The van der Waals surface area contributed by atoms with Gasteiger partial charge in [-0.15, -0.1) is 0 Å². The highest BCUT2D eigenvalue weighted by Gasteiger charge is 2.23. The van der Waals surface area contributed by atoms with Gasteiger partial charge in [0.25, 0.3) is 11.5 Å². The number of carbonyl (C=O) groups excluding carboxylic acids is 1. The Hall–Kier alpha value is -3.12. The minimum Gasteiger partial charge on any atom is -0.296 e. The molecule has 2 heterocycles. The summed E-state index contributed by atoms with van der Waals surface area (Å²) in [5.74, 6) is -0.395. The molecule has 0 spiro atoms. The van der Waals surface area contributed by atoms with Crippen LogP contribution in [-0.4, -0.2) is 72.1 Å². The number of benzene rings is 2. The molecule has 1 aliphatic heterocycles. The van der Waals surface area contributed by atoms with E-state index >= 15 is 0 Å². The zero-order chi connectivity index (χ0) is 25.2. The van der Waals surface area contributed by atoms with Crippen LogP contribution in [0.2, 0.25) is 0 Å². The van der Waals surface area contributed by atoms with Crippen LogP contribution in [0.15, 0.2) is 47.5 Å². The second-order valence-corrected chi connectivity index (χ2v) is 10.6. The molecule has 1 aromatic heterocycles. The fourth-order valence-electron chi connectivity index (χ4n) is 4.12. The molecule has 3 aromatic rings. The van der Waals surface area contributed by atoms with Crippen molar-refractivity contribution >= 4 is 26.8 Å². The summed E-state index contributed by atoms with van der Waals surface area (Å²) < 4.78 is 26.4. The molecule has 1 aliphatic rings. The number of aryl methyl sites for hydroxylation is 1. The highest BCUT2D eigenvalue weighted by Crippen LogP contribution is 2.18. The number of hydrogen-bond donors (Lipinski definition) is 1. The van der Waals surface area contributed by atoms with Crippen molar-refractivity contribution in [2.45, 2.75) is 20.4 Å². The second kappa shape index (κ2) is 10.2. The number of hydrogen-bond acceptors (Lipinski definition) is 7. The number of piperazine rings is 1. The minimum absolute atomic E-state index is 0.232. The van der Waals surface area contributed by atoms with Gasteiger partial charge < -0.3 is 0 Å². The van der Waals surface area contributed by atoms with Gasteiger partial charge >= 0.3 is 0 Å². The standard InChI is InChI=1S/C24H29N5O5S/c1-4-34-26-23(30)19-7-5-17(2)22(14-19)29-16-25-21-8-6-18(13-20(21)24(29)31)15-27-9-11-28(12-10-27)35(3,32)33/h5-8,13-14,16H,4,9-12,15H2,1-3H3,(H,26,30). The predicted molar refractivity (Wildman–Crippen MR) is 133 cm³/mol. The Bertz CT molecular complexity index is 1410. The van der Waals surface area contributed by atoms with Gasteiger partial charge in [0.1, 0.15) is 6.33 Å². The molecule has 1 N–H and O–H groups in total. The van der Waals surface area contributed by atoms with Crippen LogP contribution >= 0.6 is 0 Å². The van der Waals surface area contributed by atoms with Crippen molar-refractivity contribution in [3.8, 4) is 5.69 Å². The zero-order valence-electron chi connectivity index (χ0n) is 20.0. The number of rotatable bonds is 7. The summed E-state index contributed by atoms with van der Waals surface area (Å²) in [5, 5.41) is 0.475. The van der Waals surface area contributed by atoms with Crippen LogP contribution in [-0.2, 0) is 21.4 Å². The topological polar surface area (TPSA) is 114 Å². The first-order valence-corrected chi connectivity index (χ1v) is 13.2. The number of amides is 1. The first-order valence-electron chi connectivity index (χ1n) is 11.4. The zero-order valence-corrected chi connectivity index (χ0v) is 20.8. The highest BCUT2D eigenvalue weighted by atomic mass is 32.2. The van der Waals surface area contributed by atoms with Crippen molar-refractivity contribution in [1.82, 2.24) is 24.2 Å². The van der Waals surface area contributed by atoms with Gasteiger partial charge in [-0.3, -0.25) is 23.9 Å². The molecule has 1 saturated heterocycles. The Morgan fingerprint density at radius 3 is 2.54 bits per heavy atom. The summed E-state index contributed by atoms with van der Waals surface area (Å²) in [4.78, 5) is 37.4. The van der Waals surface area contributed by atoms with Crippen molar-refractivity contribution < 1.29 is 18.0 Å². The Labute approximate surface area is 204 Å². The number of aromatic nitrogens is 2. The van der Waals surface area contributed by atoms with E-state index in [-0.39, 0.29) is 5.56 Å². The lowest BCUT2D eigenvalue weighted by atomic mass is 10.1. The van der Waals surface area contributed by atoms with Crippen molar-refractivity contribution in [2.75, 3.05) is 39.0 Å². The quantitative estimate of drug-likeness (QED) is 0.490. The smallest absolute Gasteiger partial charge is 0.274 e. The number of sulfonamides is 1. The lowest BCUT2D eigenvalue weighted by Crippen LogP contribution is -2.47. The van der Waals surface area contributed by atoms with Crippen molar-refractivity contribution in [2.24, 2.45) is 0 Å². The molecular formula is C24H29N5O5S. The summed E-state index contributed by atoms with van der Waals surface area (Å²) in [6.07, 6.45) is 2.70. The Morgan fingerprint density at radius 2 is 1.86 bits per heavy atom. The lowest BCUT2D eigenvalue weighted by molar-refractivity contribution is 0.0364. The van der Waals surface area contributed by atoms with Gasteiger partial charge in [-0.25, -0.2) is 18.9 Å². The van der Waals surface area contributed by atoms with Crippen molar-refractivity contribution in [3.05, 3.63) is 69.8 Å². The molecule has 186 valence electrons. The molecule has 11 heteroatoms. The summed E-state index contributed by atoms with van der Waals surface area (Å²) in [7, 11) is -3.18. The van der Waals surface area contributed by atoms with Crippen LogP contribution in [0.3, 0.4) is 0 Å². The van der Waals surface area contributed by atoms with Crippen molar-refractivity contribution in [1.29, 1.82) is 0 Å². The van der Waals surface area contributed by atoms with Crippen LogP contribution < -0.4 is 11.0 Å². The van der Waals surface area contributed by atoms with Gasteiger partial charge in [-0.05, 0) is 49.2 Å². The average molecular weight is 500 g/mol. The second-order valence-electron chi connectivity index (χ2n) is 8.57. The van der Waals surface area contributed by atoms with E-state index in [1.54, 1.807) is 25.1 Å². The van der Waals surface area contributed by atoms with Gasteiger partial charge in [0.2, 0.25) is 10.0 Å². The maximum absolute atomic E-state index is 13.4. The molecule has 0 aliphatic carbocycles. The van der Waals surface area contributed by atoms with Crippen LogP contribution in [0, 0.1) is 6.92 Å². The summed E-state index contributed by atoms with van der Waals surface area (Å²) in [5.41, 5.74) is 5.42. The van der Waals surface area contributed by atoms with Crippen LogP contribution in [0.4, 0.5) is 0 Å². The molecule has 4 rings (SSSR count). The molecule has 0 saturated carbocycles. The predicted octanol–water partition coefficient (Wildman–Crippen LogP) is 1.45. The number of carbonyl (C=O) groups is 1. The third-order valence-electron chi connectivity index (χ3n) is 6.07. The van der Waals surface area contributed by atoms with Gasteiger partial charge in [0.05, 0.1) is 29.5 Å². The number of nitrogens with one attached hydrogen (secondary N) is 1. The minimum atomic E-state index is -3.18. The van der Waals surface area contributed by atoms with E-state index < -0.39 is 15.9 Å². The van der Waals surface area contributed by atoms with E-state index in [9.17, 15) is 18.0 Å². The van der Waals surface area contributed by atoms with E-state index in [1.807, 2.05) is 25.1 Å². The average Bonchev–Trinajstić information content (AvgIpc) is 2.83. The molecule has 1 fully saturated rings. The Balaban J connectivity index is 1.61. The van der Waals surface area contributed by atoms with E-state index in [0.717, 1.165) is 11.1 Å². The molecular weight excluding hydrogens is 470 g/mol. The number of fused-ring (bicyclic) bond motifs is 1. The van der Waals surface area contributed by atoms with Crippen LogP contribution in [0.5, 0.6) is 0 Å². The summed E-state index contributed by atoms with van der Waals surface area (Å²) in [6, 6.07) is 10.7. The van der Waals surface area contributed by atoms with E-state index in [4.69, 9.17) is 4.84 Å². The third kappa shape index (κ3) is 5.59. The first-order chi connectivity index (χ1) is 16.7. The Morgan fingerprint density at radius 1 is 1.11 bits per heavy atom. The molecule has 35 heavy (non-hydrogen) atoms. The molecule has 10 nitrogen and oxygen atoms in total. The largest absolute Gasteiger partial charge is 0.296 e. The van der Waals surface area contributed by atoms with Gasteiger partial charge in [-0.1, -0.05) is 12.1 Å². The maximum atomic E-state index is 13.4. The Kier molecular flexibility index (Phi) is 7.31. The van der Waals surface area contributed by atoms with E-state index in [2.05, 4.69) is 15.4 Å². The molecule has 0 radical (unpaired) electrons. The summed E-state index contributed by atoms with van der Waals surface area (Å²) in [6.45, 7) is 6.73. The normalized spacial score (nSPS) is 15.4. The van der Waals surface area contributed by atoms with E-state index in [1.165, 1.54) is 21.5 Å². The van der Waals surface area contributed by atoms with Gasteiger partial charge in [-0.2, -0.15) is 4.31 Å². The lowest BCUT2D eigenvalue weighted by Gasteiger charge is -2.33. The van der Waals surface area contributed by atoms with Gasteiger partial charge in [0.15, 0.2) is 0 Å². The fraction of sp³-hybridized carbons (Fsp3) is 0.375. The molecule has 0 bridgehead atoms. The van der Waals surface area contributed by atoms with Gasteiger partial charge in [0, 0.05) is 38.3 Å². The third-order valence-corrected chi connectivity index (χ3v) is 7.37. The number of nitrogens with zero attached hydrogens (tertiary/aromatic N) is 4. The van der Waals surface area contributed by atoms with Crippen LogP contribution in [0.1, 0.15) is 28.4 Å². The molecule has 0 atom stereocenters. The maximum Gasteiger partial charge on any atom is 0.274 e. The number of hydroxylamine groups is 1. The van der Waals surface area contributed by atoms with Crippen LogP contribution in [0.25, 0.3) is 16.6 Å². The molecule has 0 unspecified atom stereocenters. The highest BCUT2D eigenvalue weighted by molar-refractivity contribution is 7.88. The first kappa shape index (κ1) is 25.0. The molecule has 1 amide bonds. The van der Waals surface area contributed by atoms with Crippen molar-refractivity contribution in [3.63, 3.8) is 0 Å². The molecule has 2 aromatic carbocycles. The fourth-order valence-corrected chi connectivity index (χ4v) is 4.95.